The SMILES string of the molecule is O=C(NCc1ccccc1)NCC1(O)CCCCC1. The van der Waals surface area contributed by atoms with Crippen molar-refractivity contribution < 1.29 is 9.90 Å². The van der Waals surface area contributed by atoms with E-state index < -0.39 is 5.60 Å². The molecule has 4 heteroatoms. The molecule has 0 saturated heterocycles. The molecule has 3 N–H and O–H groups in total. The van der Waals surface area contributed by atoms with E-state index in [0.29, 0.717) is 13.1 Å². The lowest BCUT2D eigenvalue weighted by Gasteiger charge is -2.32. The second-order valence-electron chi connectivity index (χ2n) is 5.31. The molecule has 0 bridgehead atoms. The van der Waals surface area contributed by atoms with E-state index in [-0.39, 0.29) is 6.03 Å². The van der Waals surface area contributed by atoms with E-state index in [9.17, 15) is 9.90 Å². The summed E-state index contributed by atoms with van der Waals surface area (Å²) < 4.78 is 0. The zero-order valence-electron chi connectivity index (χ0n) is 11.2. The Morgan fingerprint density at radius 3 is 2.47 bits per heavy atom. The van der Waals surface area contributed by atoms with Gasteiger partial charge in [-0.15, -0.1) is 0 Å². The lowest BCUT2D eigenvalue weighted by Crippen LogP contribution is -2.47. The third-order valence-electron chi connectivity index (χ3n) is 3.66. The van der Waals surface area contributed by atoms with Crippen LogP contribution in [0.2, 0.25) is 0 Å². The summed E-state index contributed by atoms with van der Waals surface area (Å²) in [6, 6.07) is 9.55. The smallest absolute Gasteiger partial charge is 0.315 e. The minimum absolute atomic E-state index is 0.220. The number of hydrogen-bond acceptors (Lipinski definition) is 2. The normalized spacial score (nSPS) is 17.7. The lowest BCUT2D eigenvalue weighted by molar-refractivity contribution is 0.00719. The molecule has 2 rings (SSSR count). The molecule has 1 aliphatic carbocycles. The van der Waals surface area contributed by atoms with Crippen molar-refractivity contribution in [1.29, 1.82) is 0 Å². The van der Waals surface area contributed by atoms with Crippen molar-refractivity contribution >= 4 is 6.03 Å². The number of carbonyl (C=O) groups is 1. The van der Waals surface area contributed by atoms with Crippen molar-refractivity contribution in [3.63, 3.8) is 0 Å². The fraction of sp³-hybridized carbons (Fsp3) is 0.533. The van der Waals surface area contributed by atoms with Gasteiger partial charge in [0, 0.05) is 13.1 Å². The van der Waals surface area contributed by atoms with Gasteiger partial charge in [0.25, 0.3) is 0 Å². The maximum atomic E-state index is 11.7. The number of carbonyl (C=O) groups excluding carboxylic acids is 1. The van der Waals surface area contributed by atoms with Gasteiger partial charge in [-0.25, -0.2) is 4.79 Å². The fourth-order valence-electron chi connectivity index (χ4n) is 2.47. The molecule has 19 heavy (non-hydrogen) atoms. The summed E-state index contributed by atoms with van der Waals surface area (Å²) in [7, 11) is 0. The molecule has 1 aliphatic rings. The van der Waals surface area contributed by atoms with Crippen LogP contribution in [0.4, 0.5) is 4.79 Å². The highest BCUT2D eigenvalue weighted by molar-refractivity contribution is 5.73. The zero-order chi connectivity index (χ0) is 13.6. The first-order valence-corrected chi connectivity index (χ1v) is 6.96. The van der Waals surface area contributed by atoms with Crippen LogP contribution in [-0.4, -0.2) is 23.3 Å². The molecule has 0 aliphatic heterocycles. The van der Waals surface area contributed by atoms with Crippen LogP contribution in [0.1, 0.15) is 37.7 Å². The van der Waals surface area contributed by atoms with Gasteiger partial charge in [-0.1, -0.05) is 49.6 Å². The van der Waals surface area contributed by atoms with Gasteiger partial charge in [-0.3, -0.25) is 0 Å². The van der Waals surface area contributed by atoms with E-state index in [1.165, 1.54) is 6.42 Å². The third kappa shape index (κ3) is 4.56. The molecule has 0 spiro atoms. The molecule has 1 fully saturated rings. The Morgan fingerprint density at radius 1 is 1.11 bits per heavy atom. The largest absolute Gasteiger partial charge is 0.388 e. The Labute approximate surface area is 114 Å². The van der Waals surface area contributed by atoms with Crippen LogP contribution in [0.25, 0.3) is 0 Å². The number of urea groups is 1. The van der Waals surface area contributed by atoms with Crippen LogP contribution in [0.3, 0.4) is 0 Å². The average Bonchev–Trinajstić information content (AvgIpc) is 2.45. The molecular formula is C15H22N2O2. The minimum Gasteiger partial charge on any atom is -0.388 e. The van der Waals surface area contributed by atoms with E-state index in [2.05, 4.69) is 10.6 Å². The average molecular weight is 262 g/mol. The quantitative estimate of drug-likeness (QED) is 0.779. The van der Waals surface area contributed by atoms with Crippen LogP contribution in [0.5, 0.6) is 0 Å². The van der Waals surface area contributed by atoms with E-state index in [1.807, 2.05) is 30.3 Å². The second kappa shape index (κ2) is 6.57. The molecule has 104 valence electrons. The van der Waals surface area contributed by atoms with E-state index in [1.54, 1.807) is 0 Å². The standard InChI is InChI=1S/C15H22N2O2/c18-14(16-11-13-7-3-1-4-8-13)17-12-15(19)9-5-2-6-10-15/h1,3-4,7-8,19H,2,5-6,9-12H2,(H2,16,17,18). The molecular weight excluding hydrogens is 240 g/mol. The summed E-state index contributed by atoms with van der Waals surface area (Å²) in [6.07, 6.45) is 4.84. The van der Waals surface area contributed by atoms with Crippen LogP contribution in [-0.2, 0) is 6.54 Å². The van der Waals surface area contributed by atoms with Crippen molar-refractivity contribution in [2.75, 3.05) is 6.54 Å². The Morgan fingerprint density at radius 2 is 1.79 bits per heavy atom. The van der Waals surface area contributed by atoms with E-state index in [4.69, 9.17) is 0 Å². The Balaban J connectivity index is 1.70. The Kier molecular flexibility index (Phi) is 4.80. The first-order chi connectivity index (χ1) is 9.18. The minimum atomic E-state index is -0.706. The van der Waals surface area contributed by atoms with Crippen molar-refractivity contribution in [3.8, 4) is 0 Å². The van der Waals surface area contributed by atoms with Gasteiger partial charge in [0.15, 0.2) is 0 Å². The molecule has 0 heterocycles. The molecule has 0 atom stereocenters. The number of hydrogen-bond donors (Lipinski definition) is 3. The van der Waals surface area contributed by atoms with Crippen LogP contribution < -0.4 is 10.6 Å². The van der Waals surface area contributed by atoms with Gasteiger partial charge in [0.05, 0.1) is 5.60 Å². The molecule has 4 nitrogen and oxygen atoms in total. The Hall–Kier alpha value is -1.55. The highest BCUT2D eigenvalue weighted by Crippen LogP contribution is 2.27. The molecule has 1 aromatic rings. The zero-order valence-corrected chi connectivity index (χ0v) is 11.2. The van der Waals surface area contributed by atoms with Gasteiger partial charge >= 0.3 is 6.03 Å². The number of nitrogens with one attached hydrogen (secondary N) is 2. The van der Waals surface area contributed by atoms with Gasteiger partial charge in [-0.05, 0) is 18.4 Å². The van der Waals surface area contributed by atoms with Gasteiger partial charge in [-0.2, -0.15) is 0 Å². The van der Waals surface area contributed by atoms with Gasteiger partial charge in [0.2, 0.25) is 0 Å². The maximum Gasteiger partial charge on any atom is 0.315 e. The van der Waals surface area contributed by atoms with Crippen molar-refractivity contribution in [1.82, 2.24) is 10.6 Å². The molecule has 1 saturated carbocycles. The van der Waals surface area contributed by atoms with Crippen LogP contribution >= 0.6 is 0 Å². The first-order valence-electron chi connectivity index (χ1n) is 6.96. The van der Waals surface area contributed by atoms with Crippen LogP contribution in [0.15, 0.2) is 30.3 Å². The summed E-state index contributed by atoms with van der Waals surface area (Å²) in [4.78, 5) is 11.7. The molecule has 1 aromatic carbocycles. The highest BCUT2D eigenvalue weighted by Gasteiger charge is 2.29. The van der Waals surface area contributed by atoms with Gasteiger partial charge < -0.3 is 15.7 Å². The van der Waals surface area contributed by atoms with Crippen molar-refractivity contribution in [3.05, 3.63) is 35.9 Å². The number of amides is 2. The molecule has 0 radical (unpaired) electrons. The molecule has 0 unspecified atom stereocenters. The number of aliphatic hydroxyl groups is 1. The summed E-state index contributed by atoms with van der Waals surface area (Å²) >= 11 is 0. The van der Waals surface area contributed by atoms with Crippen molar-refractivity contribution in [2.45, 2.75) is 44.2 Å². The first kappa shape index (κ1) is 13.9. The predicted octanol–water partition coefficient (Wildman–Crippen LogP) is 2.18. The topological polar surface area (TPSA) is 61.4 Å². The van der Waals surface area contributed by atoms with E-state index in [0.717, 1.165) is 31.2 Å². The van der Waals surface area contributed by atoms with Crippen molar-refractivity contribution in [2.24, 2.45) is 0 Å². The molecule has 2 amide bonds. The van der Waals surface area contributed by atoms with Gasteiger partial charge in [0.1, 0.15) is 0 Å². The fourth-order valence-corrected chi connectivity index (χ4v) is 2.47. The molecule has 0 aromatic heterocycles. The monoisotopic (exact) mass is 262 g/mol. The maximum absolute atomic E-state index is 11.7. The summed E-state index contributed by atoms with van der Waals surface area (Å²) in [5.74, 6) is 0. The highest BCUT2D eigenvalue weighted by atomic mass is 16.3. The summed E-state index contributed by atoms with van der Waals surface area (Å²) in [5, 5.41) is 15.8. The summed E-state index contributed by atoms with van der Waals surface area (Å²) in [6.45, 7) is 0.846. The number of benzene rings is 1. The summed E-state index contributed by atoms with van der Waals surface area (Å²) in [5.41, 5.74) is 0.358. The van der Waals surface area contributed by atoms with Crippen LogP contribution in [0, 0.1) is 0 Å². The van der Waals surface area contributed by atoms with E-state index >= 15 is 0 Å². The second-order valence-corrected chi connectivity index (χ2v) is 5.31. The third-order valence-corrected chi connectivity index (χ3v) is 3.66. The predicted molar refractivity (Wildman–Crippen MR) is 74.7 cm³/mol. The number of rotatable bonds is 4. The Bertz CT molecular complexity index is 400. The lowest BCUT2D eigenvalue weighted by atomic mass is 9.85.